The van der Waals surface area contributed by atoms with Crippen LogP contribution in [0.4, 0.5) is 0 Å². The second kappa shape index (κ2) is 8.26. The zero-order valence-electron chi connectivity index (χ0n) is 15.0. The van der Waals surface area contributed by atoms with Gasteiger partial charge < -0.3 is 14.9 Å². The van der Waals surface area contributed by atoms with E-state index in [0.717, 1.165) is 5.56 Å². The SMILES string of the molecule is CCOC(=O)c1cn(NC)c2c(OCc3ccccc3)c(Br)ccc2c1=O. The molecule has 0 aliphatic rings. The Morgan fingerprint density at radius 2 is 1.93 bits per heavy atom. The summed E-state index contributed by atoms with van der Waals surface area (Å²) in [7, 11) is 1.70. The molecule has 6 nitrogen and oxygen atoms in total. The number of halogens is 1. The molecule has 2 aromatic carbocycles. The maximum Gasteiger partial charge on any atom is 0.343 e. The molecule has 27 heavy (non-hydrogen) atoms. The Hall–Kier alpha value is -2.80. The summed E-state index contributed by atoms with van der Waals surface area (Å²) >= 11 is 3.49. The summed E-state index contributed by atoms with van der Waals surface area (Å²) in [6.45, 7) is 2.24. The number of hydrogen-bond donors (Lipinski definition) is 1. The van der Waals surface area contributed by atoms with E-state index in [4.69, 9.17) is 9.47 Å². The van der Waals surface area contributed by atoms with Crippen LogP contribution in [0, 0.1) is 0 Å². The topological polar surface area (TPSA) is 69.6 Å². The Labute approximate surface area is 164 Å². The molecule has 140 valence electrons. The molecule has 0 fully saturated rings. The third-order valence-corrected chi connectivity index (χ3v) is 4.66. The highest BCUT2D eigenvalue weighted by Crippen LogP contribution is 2.33. The van der Waals surface area contributed by atoms with Gasteiger partial charge in [0.15, 0.2) is 5.75 Å². The van der Waals surface area contributed by atoms with E-state index in [9.17, 15) is 9.59 Å². The van der Waals surface area contributed by atoms with E-state index in [-0.39, 0.29) is 12.2 Å². The van der Waals surface area contributed by atoms with Gasteiger partial charge >= 0.3 is 5.97 Å². The van der Waals surface area contributed by atoms with Crippen molar-refractivity contribution in [1.29, 1.82) is 0 Å². The van der Waals surface area contributed by atoms with Crippen molar-refractivity contribution >= 4 is 32.8 Å². The van der Waals surface area contributed by atoms with Crippen molar-refractivity contribution in [2.24, 2.45) is 0 Å². The quantitative estimate of drug-likeness (QED) is 0.603. The van der Waals surface area contributed by atoms with Gasteiger partial charge in [0.25, 0.3) is 0 Å². The number of nitrogens with zero attached hydrogens (tertiary/aromatic N) is 1. The highest BCUT2D eigenvalue weighted by molar-refractivity contribution is 9.10. The van der Waals surface area contributed by atoms with E-state index in [0.29, 0.717) is 27.7 Å². The molecule has 0 unspecified atom stereocenters. The molecule has 0 bridgehead atoms. The standard InChI is InChI=1S/C20H19BrN2O4/c1-3-26-20(25)15-11-23(22-2)17-14(18(15)24)9-10-16(21)19(17)27-12-13-7-5-4-6-8-13/h4-11,22H,3,12H2,1-2H3. The van der Waals surface area contributed by atoms with E-state index in [1.807, 2.05) is 30.3 Å². The van der Waals surface area contributed by atoms with Crippen LogP contribution in [0.5, 0.6) is 5.75 Å². The van der Waals surface area contributed by atoms with Crippen LogP contribution < -0.4 is 15.6 Å². The second-order valence-corrected chi connectivity index (χ2v) is 6.59. The number of hydrogen-bond acceptors (Lipinski definition) is 5. The lowest BCUT2D eigenvalue weighted by atomic mass is 10.1. The van der Waals surface area contributed by atoms with Gasteiger partial charge in [0.05, 0.1) is 16.5 Å². The Kier molecular flexibility index (Phi) is 5.81. The molecule has 3 aromatic rings. The van der Waals surface area contributed by atoms with E-state index >= 15 is 0 Å². The molecule has 0 saturated carbocycles. The summed E-state index contributed by atoms with van der Waals surface area (Å²) in [6.07, 6.45) is 1.43. The number of fused-ring (bicyclic) bond motifs is 1. The van der Waals surface area contributed by atoms with Crippen molar-refractivity contribution in [3.63, 3.8) is 0 Å². The van der Waals surface area contributed by atoms with Crippen LogP contribution in [0.25, 0.3) is 10.9 Å². The molecule has 0 radical (unpaired) electrons. The molecule has 0 aliphatic heterocycles. The van der Waals surface area contributed by atoms with Crippen molar-refractivity contribution < 1.29 is 14.3 Å². The number of rotatable bonds is 6. The van der Waals surface area contributed by atoms with Gasteiger partial charge in [-0.15, -0.1) is 0 Å². The molecule has 0 amide bonds. The third-order valence-electron chi connectivity index (χ3n) is 4.03. The van der Waals surface area contributed by atoms with Gasteiger partial charge in [-0.05, 0) is 40.5 Å². The molecule has 0 spiro atoms. The van der Waals surface area contributed by atoms with Crippen molar-refractivity contribution in [2.75, 3.05) is 19.1 Å². The molecule has 1 aromatic heterocycles. The van der Waals surface area contributed by atoms with Crippen LogP contribution in [-0.4, -0.2) is 24.3 Å². The first-order valence-corrected chi connectivity index (χ1v) is 9.25. The number of nitrogens with one attached hydrogen (secondary N) is 1. The number of carbonyl (C=O) groups is 1. The van der Waals surface area contributed by atoms with E-state index in [2.05, 4.69) is 21.4 Å². The van der Waals surface area contributed by atoms with Crippen LogP contribution in [0.2, 0.25) is 0 Å². The van der Waals surface area contributed by atoms with Crippen LogP contribution in [0.1, 0.15) is 22.8 Å². The first kappa shape index (κ1) is 19.0. The highest BCUT2D eigenvalue weighted by Gasteiger charge is 2.20. The van der Waals surface area contributed by atoms with Crippen LogP contribution in [0.3, 0.4) is 0 Å². The fourth-order valence-corrected chi connectivity index (χ4v) is 3.20. The van der Waals surface area contributed by atoms with Gasteiger partial charge in [-0.2, -0.15) is 0 Å². The predicted octanol–water partition coefficient (Wildman–Crippen LogP) is 3.69. The van der Waals surface area contributed by atoms with Crippen LogP contribution in [-0.2, 0) is 11.3 Å². The normalized spacial score (nSPS) is 10.6. The van der Waals surface area contributed by atoms with Crippen LogP contribution >= 0.6 is 15.9 Å². The monoisotopic (exact) mass is 430 g/mol. The number of pyridine rings is 1. The molecule has 3 rings (SSSR count). The Morgan fingerprint density at radius 3 is 2.59 bits per heavy atom. The van der Waals surface area contributed by atoms with Gasteiger partial charge in [0.1, 0.15) is 17.7 Å². The number of ether oxygens (including phenoxy) is 2. The third kappa shape index (κ3) is 3.83. The number of esters is 1. The average Bonchev–Trinajstić information content (AvgIpc) is 2.68. The number of carbonyl (C=O) groups excluding carboxylic acids is 1. The molecular weight excluding hydrogens is 412 g/mol. The van der Waals surface area contributed by atoms with Crippen LogP contribution in [0.15, 0.2) is 57.9 Å². The minimum absolute atomic E-state index is 0.0324. The second-order valence-electron chi connectivity index (χ2n) is 5.73. The Bertz CT molecular complexity index is 1030. The maximum absolute atomic E-state index is 12.8. The fraction of sp³-hybridized carbons (Fsp3) is 0.200. The van der Waals surface area contributed by atoms with Gasteiger partial charge in [0.2, 0.25) is 5.43 Å². The van der Waals surface area contributed by atoms with E-state index in [1.165, 1.54) is 6.20 Å². The Balaban J connectivity index is 2.14. The molecule has 1 N–H and O–H groups in total. The highest BCUT2D eigenvalue weighted by atomic mass is 79.9. The fourth-order valence-electron chi connectivity index (χ4n) is 2.76. The van der Waals surface area contributed by atoms with E-state index in [1.54, 1.807) is 30.8 Å². The molecule has 7 heteroatoms. The summed E-state index contributed by atoms with van der Waals surface area (Å²) in [5, 5.41) is 0.362. The molecule has 0 aliphatic carbocycles. The van der Waals surface area contributed by atoms with E-state index < -0.39 is 11.4 Å². The maximum atomic E-state index is 12.8. The summed E-state index contributed by atoms with van der Waals surface area (Å²) in [5.41, 5.74) is 4.09. The number of aromatic nitrogens is 1. The average molecular weight is 431 g/mol. The summed E-state index contributed by atoms with van der Waals surface area (Å²) in [6, 6.07) is 13.1. The lowest BCUT2D eigenvalue weighted by molar-refractivity contribution is 0.0524. The summed E-state index contributed by atoms with van der Waals surface area (Å²) < 4.78 is 13.3. The Morgan fingerprint density at radius 1 is 1.19 bits per heavy atom. The van der Waals surface area contributed by atoms with Gasteiger partial charge in [0, 0.05) is 13.2 Å². The minimum Gasteiger partial charge on any atom is -0.485 e. The lowest BCUT2D eigenvalue weighted by Gasteiger charge is -2.17. The van der Waals surface area contributed by atoms with Crippen molar-refractivity contribution in [1.82, 2.24) is 4.68 Å². The largest absolute Gasteiger partial charge is 0.485 e. The minimum atomic E-state index is -0.650. The smallest absolute Gasteiger partial charge is 0.343 e. The first-order chi connectivity index (χ1) is 13.1. The van der Waals surface area contributed by atoms with Crippen molar-refractivity contribution in [3.8, 4) is 5.75 Å². The molecular formula is C20H19BrN2O4. The molecule has 0 atom stereocenters. The van der Waals surface area contributed by atoms with Gasteiger partial charge in [-0.3, -0.25) is 9.47 Å². The van der Waals surface area contributed by atoms with Gasteiger partial charge in [-0.25, -0.2) is 4.79 Å². The molecule has 1 heterocycles. The zero-order chi connectivity index (χ0) is 19.4. The van der Waals surface area contributed by atoms with Crippen molar-refractivity contribution in [2.45, 2.75) is 13.5 Å². The van der Waals surface area contributed by atoms with Crippen molar-refractivity contribution in [3.05, 3.63) is 74.5 Å². The summed E-state index contributed by atoms with van der Waals surface area (Å²) in [5.74, 6) is -0.138. The zero-order valence-corrected chi connectivity index (χ0v) is 16.6. The lowest BCUT2D eigenvalue weighted by Crippen LogP contribution is -2.24. The first-order valence-electron chi connectivity index (χ1n) is 8.46. The predicted molar refractivity (Wildman–Crippen MR) is 108 cm³/mol. The number of benzene rings is 2. The molecule has 0 saturated heterocycles. The summed E-state index contributed by atoms with van der Waals surface area (Å²) in [4.78, 5) is 25.0. The van der Waals surface area contributed by atoms with Gasteiger partial charge in [-0.1, -0.05) is 30.3 Å².